The molecule has 0 saturated carbocycles. The van der Waals surface area contributed by atoms with Crippen LogP contribution in [-0.2, 0) is 11.2 Å². The van der Waals surface area contributed by atoms with Gasteiger partial charge < -0.3 is 20.3 Å². The van der Waals surface area contributed by atoms with Gasteiger partial charge >= 0.3 is 5.97 Å². The molecule has 0 aliphatic rings. The van der Waals surface area contributed by atoms with Gasteiger partial charge in [0.2, 0.25) is 0 Å². The van der Waals surface area contributed by atoms with Crippen LogP contribution in [0.5, 0.6) is 11.5 Å². The van der Waals surface area contributed by atoms with E-state index in [0.29, 0.717) is 11.5 Å². The third-order valence-corrected chi connectivity index (χ3v) is 2.18. The quantitative estimate of drug-likeness (QED) is 0.769. The number of hydrogen-bond acceptors (Lipinski definition) is 4. The number of carboxylic acids is 1. The minimum atomic E-state index is -1.03. The zero-order chi connectivity index (χ0) is 12.1. The van der Waals surface area contributed by atoms with E-state index in [2.05, 4.69) is 0 Å². The molecule has 0 radical (unpaired) electrons. The molecule has 0 aliphatic heterocycles. The van der Waals surface area contributed by atoms with Crippen molar-refractivity contribution in [3.8, 4) is 11.5 Å². The summed E-state index contributed by atoms with van der Waals surface area (Å²) in [6.45, 7) is 0. The predicted octanol–water partition coefficient (Wildman–Crippen LogP) is 0.658. The van der Waals surface area contributed by atoms with E-state index in [1.54, 1.807) is 18.2 Å². The zero-order valence-corrected chi connectivity index (χ0v) is 9.27. The second kappa shape index (κ2) is 5.37. The average molecular weight is 225 g/mol. The molecule has 0 heterocycles. The van der Waals surface area contributed by atoms with Gasteiger partial charge in [0.05, 0.1) is 14.2 Å². The lowest BCUT2D eigenvalue weighted by Gasteiger charge is -2.10. The molecule has 0 amide bonds. The minimum absolute atomic E-state index is 0.239. The van der Waals surface area contributed by atoms with Gasteiger partial charge in [0, 0.05) is 6.07 Å². The first-order valence-electron chi connectivity index (χ1n) is 4.77. The Morgan fingerprint density at radius 2 is 1.81 bits per heavy atom. The van der Waals surface area contributed by atoms with Gasteiger partial charge in [-0.2, -0.15) is 0 Å². The Kier molecular flexibility index (Phi) is 4.13. The van der Waals surface area contributed by atoms with Crippen molar-refractivity contribution >= 4 is 5.97 Å². The number of aliphatic carboxylic acids is 1. The summed E-state index contributed by atoms with van der Waals surface area (Å²) in [5, 5.41) is 8.71. The fourth-order valence-corrected chi connectivity index (χ4v) is 1.33. The highest BCUT2D eigenvalue weighted by molar-refractivity contribution is 5.73. The first-order chi connectivity index (χ1) is 7.56. The molecule has 1 unspecified atom stereocenters. The van der Waals surface area contributed by atoms with Gasteiger partial charge in [0.15, 0.2) is 0 Å². The van der Waals surface area contributed by atoms with E-state index >= 15 is 0 Å². The Morgan fingerprint density at radius 1 is 1.31 bits per heavy atom. The highest BCUT2D eigenvalue weighted by Gasteiger charge is 2.13. The van der Waals surface area contributed by atoms with Crippen LogP contribution < -0.4 is 15.2 Å². The topological polar surface area (TPSA) is 81.8 Å². The van der Waals surface area contributed by atoms with Gasteiger partial charge in [-0.3, -0.25) is 4.79 Å². The molecule has 3 N–H and O–H groups in total. The molecule has 0 aromatic heterocycles. The SMILES string of the molecule is COc1cc(CC(N)C(=O)O)cc(OC)c1. The lowest BCUT2D eigenvalue weighted by atomic mass is 10.1. The van der Waals surface area contributed by atoms with Crippen molar-refractivity contribution in [2.75, 3.05) is 14.2 Å². The van der Waals surface area contributed by atoms with Crippen LogP contribution in [0.4, 0.5) is 0 Å². The molecule has 1 atom stereocenters. The first kappa shape index (κ1) is 12.3. The van der Waals surface area contributed by atoms with Crippen molar-refractivity contribution in [2.24, 2.45) is 5.73 Å². The lowest BCUT2D eigenvalue weighted by Crippen LogP contribution is -2.32. The first-order valence-corrected chi connectivity index (χ1v) is 4.77. The van der Waals surface area contributed by atoms with Gasteiger partial charge in [-0.05, 0) is 24.1 Å². The number of rotatable bonds is 5. The Morgan fingerprint density at radius 3 is 2.19 bits per heavy atom. The maximum absolute atomic E-state index is 10.6. The van der Waals surface area contributed by atoms with E-state index in [4.69, 9.17) is 20.3 Å². The van der Waals surface area contributed by atoms with Crippen LogP contribution in [0.2, 0.25) is 0 Å². The molecule has 16 heavy (non-hydrogen) atoms. The zero-order valence-electron chi connectivity index (χ0n) is 9.27. The summed E-state index contributed by atoms with van der Waals surface area (Å²) in [6.07, 6.45) is 0.239. The molecule has 0 aliphatic carbocycles. The molecule has 0 saturated heterocycles. The van der Waals surface area contributed by atoms with E-state index in [9.17, 15) is 4.79 Å². The normalized spacial score (nSPS) is 11.9. The maximum atomic E-state index is 10.6. The van der Waals surface area contributed by atoms with Crippen LogP contribution in [-0.4, -0.2) is 31.3 Å². The fraction of sp³-hybridized carbons (Fsp3) is 0.364. The molecule has 1 aromatic carbocycles. The molecule has 0 fully saturated rings. The number of methoxy groups -OCH3 is 2. The van der Waals surface area contributed by atoms with Crippen LogP contribution in [0.25, 0.3) is 0 Å². The molecule has 0 spiro atoms. The number of benzene rings is 1. The van der Waals surface area contributed by atoms with Gasteiger partial charge in [-0.25, -0.2) is 0 Å². The number of nitrogens with two attached hydrogens (primary N) is 1. The van der Waals surface area contributed by atoms with Crippen LogP contribution in [0.15, 0.2) is 18.2 Å². The van der Waals surface area contributed by atoms with Crippen LogP contribution in [0.1, 0.15) is 5.56 Å². The fourth-order valence-electron chi connectivity index (χ4n) is 1.33. The number of carboxylic acid groups (broad SMARTS) is 1. The summed E-state index contributed by atoms with van der Waals surface area (Å²) < 4.78 is 10.1. The number of ether oxygens (including phenoxy) is 2. The van der Waals surface area contributed by atoms with E-state index in [-0.39, 0.29) is 6.42 Å². The second-order valence-corrected chi connectivity index (χ2v) is 3.37. The molecule has 1 rings (SSSR count). The van der Waals surface area contributed by atoms with Crippen molar-refractivity contribution < 1.29 is 19.4 Å². The minimum Gasteiger partial charge on any atom is -0.497 e. The third-order valence-electron chi connectivity index (χ3n) is 2.18. The summed E-state index contributed by atoms with van der Waals surface area (Å²) in [5.41, 5.74) is 6.22. The van der Waals surface area contributed by atoms with Crippen LogP contribution in [0.3, 0.4) is 0 Å². The Hall–Kier alpha value is -1.75. The Labute approximate surface area is 93.8 Å². The van der Waals surface area contributed by atoms with Crippen LogP contribution >= 0.6 is 0 Å². The summed E-state index contributed by atoms with van der Waals surface area (Å²) in [6, 6.07) is 4.28. The summed E-state index contributed by atoms with van der Waals surface area (Å²) in [4.78, 5) is 10.6. The molecule has 88 valence electrons. The van der Waals surface area contributed by atoms with Crippen LogP contribution in [0, 0.1) is 0 Å². The second-order valence-electron chi connectivity index (χ2n) is 3.37. The lowest BCUT2D eigenvalue weighted by molar-refractivity contribution is -0.138. The number of hydrogen-bond donors (Lipinski definition) is 2. The van der Waals surface area contributed by atoms with E-state index < -0.39 is 12.0 Å². The number of carbonyl (C=O) groups is 1. The van der Waals surface area contributed by atoms with Gasteiger partial charge in [0.25, 0.3) is 0 Å². The van der Waals surface area contributed by atoms with Gasteiger partial charge in [-0.1, -0.05) is 0 Å². The van der Waals surface area contributed by atoms with Crippen molar-refractivity contribution in [3.05, 3.63) is 23.8 Å². The van der Waals surface area contributed by atoms with Crippen molar-refractivity contribution in [3.63, 3.8) is 0 Å². The molecule has 1 aromatic rings. The van der Waals surface area contributed by atoms with E-state index in [0.717, 1.165) is 5.56 Å². The van der Waals surface area contributed by atoms with Crippen molar-refractivity contribution in [1.82, 2.24) is 0 Å². The molecule has 5 heteroatoms. The van der Waals surface area contributed by atoms with Gasteiger partial charge in [0.1, 0.15) is 17.5 Å². The highest BCUT2D eigenvalue weighted by atomic mass is 16.5. The van der Waals surface area contributed by atoms with E-state index in [1.165, 1.54) is 14.2 Å². The summed E-state index contributed by atoms with van der Waals surface area (Å²) in [5.74, 6) is 0.209. The predicted molar refractivity (Wildman–Crippen MR) is 58.9 cm³/mol. The largest absolute Gasteiger partial charge is 0.497 e. The summed E-state index contributed by atoms with van der Waals surface area (Å²) >= 11 is 0. The Balaban J connectivity index is 2.90. The maximum Gasteiger partial charge on any atom is 0.320 e. The standard InChI is InChI=1S/C11H15NO4/c1-15-8-3-7(4-9(6-8)16-2)5-10(12)11(13)14/h3-4,6,10H,5,12H2,1-2H3,(H,13,14). The smallest absolute Gasteiger partial charge is 0.320 e. The molecule has 0 bridgehead atoms. The Bertz CT molecular complexity index is 356. The van der Waals surface area contributed by atoms with Crippen molar-refractivity contribution in [2.45, 2.75) is 12.5 Å². The monoisotopic (exact) mass is 225 g/mol. The third kappa shape index (κ3) is 3.13. The van der Waals surface area contributed by atoms with E-state index in [1.807, 2.05) is 0 Å². The van der Waals surface area contributed by atoms with Crippen molar-refractivity contribution in [1.29, 1.82) is 0 Å². The van der Waals surface area contributed by atoms with Gasteiger partial charge in [-0.15, -0.1) is 0 Å². The molecular formula is C11H15NO4. The molecule has 5 nitrogen and oxygen atoms in total. The summed E-state index contributed by atoms with van der Waals surface area (Å²) in [7, 11) is 3.07. The highest BCUT2D eigenvalue weighted by Crippen LogP contribution is 2.23. The molecular weight excluding hydrogens is 210 g/mol. The average Bonchev–Trinajstić information content (AvgIpc) is 2.28.